The number of rotatable bonds is 4. The van der Waals surface area contributed by atoms with Crippen LogP contribution in [0.2, 0.25) is 0 Å². The summed E-state index contributed by atoms with van der Waals surface area (Å²) in [5, 5.41) is 10.6. The van der Waals surface area contributed by atoms with Crippen LogP contribution in [0.5, 0.6) is 0 Å². The van der Waals surface area contributed by atoms with Gasteiger partial charge in [0.1, 0.15) is 6.20 Å². The van der Waals surface area contributed by atoms with Gasteiger partial charge in [-0.15, -0.1) is 0 Å². The highest BCUT2D eigenvalue weighted by molar-refractivity contribution is 5.18. The van der Waals surface area contributed by atoms with E-state index in [0.29, 0.717) is 18.3 Å². The summed E-state index contributed by atoms with van der Waals surface area (Å²) in [6.45, 7) is 6.64. The predicted octanol–water partition coefficient (Wildman–Crippen LogP) is 2.15. The van der Waals surface area contributed by atoms with Gasteiger partial charge in [0.15, 0.2) is 5.82 Å². The van der Waals surface area contributed by atoms with Gasteiger partial charge in [-0.3, -0.25) is 0 Å². The van der Waals surface area contributed by atoms with Gasteiger partial charge in [0.2, 0.25) is 0 Å². The van der Waals surface area contributed by atoms with Gasteiger partial charge in [-0.1, -0.05) is 13.8 Å². The maximum atomic E-state index is 10.6. The fourth-order valence-corrected chi connectivity index (χ4v) is 1.27. The molecule has 5 heteroatoms. The number of imidazole rings is 1. The van der Waals surface area contributed by atoms with Crippen LogP contribution in [0.3, 0.4) is 0 Å². The van der Waals surface area contributed by atoms with Crippen molar-refractivity contribution in [2.24, 2.45) is 5.92 Å². The summed E-state index contributed by atoms with van der Waals surface area (Å²) in [5.74, 6) is 1.33. The normalized spacial score (nSPS) is 10.9. The minimum atomic E-state index is -0.389. The summed E-state index contributed by atoms with van der Waals surface area (Å²) in [4.78, 5) is 14.2. The highest BCUT2D eigenvalue weighted by Gasteiger charge is 2.16. The van der Waals surface area contributed by atoms with Crippen molar-refractivity contribution in [2.75, 3.05) is 0 Å². The standard InChI is InChI=1S/C9H15N3O2/c1-7(2)4-5-11-8(3)10-6-9(11)12(13)14/h6-7H,4-5H2,1-3H3. The second kappa shape index (κ2) is 4.21. The smallest absolute Gasteiger partial charge is 0.342 e. The van der Waals surface area contributed by atoms with Crippen LogP contribution in [0.1, 0.15) is 26.1 Å². The third-order valence-electron chi connectivity index (χ3n) is 2.15. The van der Waals surface area contributed by atoms with Gasteiger partial charge < -0.3 is 10.1 Å². The zero-order chi connectivity index (χ0) is 10.7. The molecule has 5 nitrogen and oxygen atoms in total. The molecule has 0 saturated carbocycles. The highest BCUT2D eigenvalue weighted by atomic mass is 16.6. The number of hydrogen-bond donors (Lipinski definition) is 0. The molecule has 1 rings (SSSR count). The van der Waals surface area contributed by atoms with Crippen molar-refractivity contribution < 1.29 is 4.92 Å². The molecule has 1 aromatic rings. The first-order valence-corrected chi connectivity index (χ1v) is 4.69. The van der Waals surface area contributed by atoms with E-state index < -0.39 is 0 Å². The van der Waals surface area contributed by atoms with Crippen molar-refractivity contribution in [1.29, 1.82) is 0 Å². The van der Waals surface area contributed by atoms with Gasteiger partial charge in [-0.05, 0) is 17.3 Å². The Morgan fingerprint density at radius 1 is 1.64 bits per heavy atom. The average Bonchev–Trinajstić information content (AvgIpc) is 2.43. The van der Waals surface area contributed by atoms with Crippen LogP contribution in [-0.4, -0.2) is 14.5 Å². The maximum absolute atomic E-state index is 10.6. The minimum Gasteiger partial charge on any atom is -0.358 e. The van der Waals surface area contributed by atoms with Crippen molar-refractivity contribution in [3.63, 3.8) is 0 Å². The highest BCUT2D eigenvalue weighted by Crippen LogP contribution is 2.15. The third kappa shape index (κ3) is 2.31. The number of hydrogen-bond acceptors (Lipinski definition) is 3. The molecule has 0 unspecified atom stereocenters. The van der Waals surface area contributed by atoms with Gasteiger partial charge in [0, 0.05) is 6.92 Å². The molecule has 1 aromatic heterocycles. The number of aromatic nitrogens is 2. The lowest BCUT2D eigenvalue weighted by Gasteiger charge is -2.04. The van der Waals surface area contributed by atoms with Crippen molar-refractivity contribution in [2.45, 2.75) is 33.7 Å². The van der Waals surface area contributed by atoms with E-state index in [4.69, 9.17) is 0 Å². The Balaban J connectivity index is 2.83. The van der Waals surface area contributed by atoms with E-state index in [-0.39, 0.29) is 10.7 Å². The monoisotopic (exact) mass is 197 g/mol. The minimum absolute atomic E-state index is 0.0863. The van der Waals surface area contributed by atoms with Crippen LogP contribution in [-0.2, 0) is 6.54 Å². The molecule has 0 aliphatic rings. The molecule has 0 bridgehead atoms. The first kappa shape index (κ1) is 10.7. The molecule has 0 aromatic carbocycles. The molecule has 0 radical (unpaired) electrons. The predicted molar refractivity (Wildman–Crippen MR) is 53.1 cm³/mol. The van der Waals surface area contributed by atoms with E-state index >= 15 is 0 Å². The van der Waals surface area contributed by atoms with Gasteiger partial charge in [0.25, 0.3) is 0 Å². The summed E-state index contributed by atoms with van der Waals surface area (Å²) >= 11 is 0. The molecular weight excluding hydrogens is 182 g/mol. The number of aryl methyl sites for hydroxylation is 1. The summed E-state index contributed by atoms with van der Waals surface area (Å²) < 4.78 is 1.65. The van der Waals surface area contributed by atoms with Crippen LogP contribution >= 0.6 is 0 Å². The fourth-order valence-electron chi connectivity index (χ4n) is 1.27. The molecule has 0 fully saturated rings. The molecular formula is C9H15N3O2. The quantitative estimate of drug-likeness (QED) is 0.548. The summed E-state index contributed by atoms with van der Waals surface area (Å²) in [6, 6.07) is 0. The second-order valence-electron chi connectivity index (χ2n) is 3.75. The van der Waals surface area contributed by atoms with Crippen LogP contribution in [0.15, 0.2) is 6.20 Å². The topological polar surface area (TPSA) is 61.0 Å². The third-order valence-corrected chi connectivity index (χ3v) is 2.15. The largest absolute Gasteiger partial charge is 0.358 e. The Morgan fingerprint density at radius 3 is 2.79 bits per heavy atom. The zero-order valence-electron chi connectivity index (χ0n) is 8.73. The lowest BCUT2D eigenvalue weighted by molar-refractivity contribution is -0.392. The second-order valence-corrected chi connectivity index (χ2v) is 3.75. The molecule has 78 valence electrons. The van der Waals surface area contributed by atoms with E-state index in [1.807, 2.05) is 0 Å². The maximum Gasteiger partial charge on any atom is 0.342 e. The molecule has 0 amide bonds. The lowest BCUT2D eigenvalue weighted by atomic mass is 10.1. The SMILES string of the molecule is Cc1ncc([N+](=O)[O-])n1CCC(C)C. The van der Waals surface area contributed by atoms with Crippen molar-refractivity contribution in [1.82, 2.24) is 9.55 Å². The molecule has 14 heavy (non-hydrogen) atoms. The van der Waals surface area contributed by atoms with E-state index in [1.54, 1.807) is 11.5 Å². The molecule has 0 N–H and O–H groups in total. The average molecular weight is 197 g/mol. The van der Waals surface area contributed by atoms with Crippen molar-refractivity contribution >= 4 is 5.82 Å². The number of nitro groups is 1. The van der Waals surface area contributed by atoms with E-state index in [9.17, 15) is 10.1 Å². The fraction of sp³-hybridized carbons (Fsp3) is 0.667. The molecule has 0 aliphatic heterocycles. The molecule has 1 heterocycles. The lowest BCUT2D eigenvalue weighted by Crippen LogP contribution is -2.06. The van der Waals surface area contributed by atoms with Crippen LogP contribution in [0, 0.1) is 23.0 Å². The molecule has 0 spiro atoms. The Kier molecular flexibility index (Phi) is 3.22. The van der Waals surface area contributed by atoms with Crippen molar-refractivity contribution in [3.8, 4) is 0 Å². The molecule has 0 atom stereocenters. The van der Waals surface area contributed by atoms with Gasteiger partial charge in [-0.25, -0.2) is 9.55 Å². The number of nitrogens with zero attached hydrogens (tertiary/aromatic N) is 3. The van der Waals surface area contributed by atoms with Gasteiger partial charge >= 0.3 is 5.82 Å². The summed E-state index contributed by atoms with van der Waals surface area (Å²) in [7, 11) is 0. The van der Waals surface area contributed by atoms with Crippen LogP contribution in [0.4, 0.5) is 5.82 Å². The summed E-state index contributed by atoms with van der Waals surface area (Å²) in [5.41, 5.74) is 0. The van der Waals surface area contributed by atoms with E-state index in [0.717, 1.165) is 6.42 Å². The van der Waals surface area contributed by atoms with Gasteiger partial charge in [0.05, 0.1) is 6.54 Å². The van der Waals surface area contributed by atoms with Crippen LogP contribution < -0.4 is 0 Å². The Bertz CT molecular complexity index is 331. The zero-order valence-corrected chi connectivity index (χ0v) is 8.73. The van der Waals surface area contributed by atoms with Crippen LogP contribution in [0.25, 0.3) is 0 Å². The Labute approximate surface area is 82.9 Å². The Hall–Kier alpha value is -1.39. The van der Waals surface area contributed by atoms with Gasteiger partial charge in [-0.2, -0.15) is 0 Å². The Morgan fingerprint density at radius 2 is 2.29 bits per heavy atom. The first-order chi connectivity index (χ1) is 6.52. The molecule has 0 saturated heterocycles. The van der Waals surface area contributed by atoms with E-state index in [1.165, 1.54) is 6.20 Å². The first-order valence-electron chi connectivity index (χ1n) is 4.69. The van der Waals surface area contributed by atoms with Crippen molar-refractivity contribution in [3.05, 3.63) is 22.1 Å². The summed E-state index contributed by atoms with van der Waals surface area (Å²) in [6.07, 6.45) is 2.24. The van der Waals surface area contributed by atoms with E-state index in [2.05, 4.69) is 18.8 Å². The molecule has 0 aliphatic carbocycles.